The normalized spacial score (nSPS) is 19.4. The second kappa shape index (κ2) is 7.05. The van der Waals surface area contributed by atoms with Crippen LogP contribution in [0.1, 0.15) is 18.4 Å². The number of nitrogens with zero attached hydrogens (tertiary/aromatic N) is 2. The number of aromatic nitrogens is 1. The summed E-state index contributed by atoms with van der Waals surface area (Å²) in [7, 11) is 1.74. The summed E-state index contributed by atoms with van der Waals surface area (Å²) in [4.78, 5) is 17.1. The smallest absolute Gasteiger partial charge is 0.328 e. The van der Waals surface area contributed by atoms with Crippen LogP contribution in [-0.4, -0.2) is 42.9 Å². The first kappa shape index (κ1) is 14.5. The molecule has 1 fully saturated rings. The molecule has 1 N–H and O–H groups in total. The molecule has 1 aliphatic heterocycles. The number of methoxy groups -OCH3 is 1. The van der Waals surface area contributed by atoms with E-state index in [1.165, 1.54) is 6.42 Å². The van der Waals surface area contributed by atoms with E-state index in [1.54, 1.807) is 19.4 Å². The van der Waals surface area contributed by atoms with Gasteiger partial charge in [0.1, 0.15) is 5.82 Å². The first-order valence-corrected chi connectivity index (χ1v) is 6.80. The number of aliphatic carboxylic acids is 1. The van der Waals surface area contributed by atoms with Gasteiger partial charge in [-0.25, -0.2) is 9.78 Å². The largest absolute Gasteiger partial charge is 0.478 e. The van der Waals surface area contributed by atoms with Crippen LogP contribution in [0.5, 0.6) is 0 Å². The van der Waals surface area contributed by atoms with Crippen molar-refractivity contribution in [3.05, 3.63) is 30.0 Å². The maximum Gasteiger partial charge on any atom is 0.328 e. The minimum Gasteiger partial charge on any atom is -0.478 e. The topological polar surface area (TPSA) is 62.7 Å². The molecule has 0 bridgehead atoms. The molecule has 1 aromatic heterocycles. The summed E-state index contributed by atoms with van der Waals surface area (Å²) >= 11 is 0. The zero-order valence-electron chi connectivity index (χ0n) is 11.7. The van der Waals surface area contributed by atoms with E-state index in [1.807, 2.05) is 12.1 Å². The average Bonchev–Trinajstić information content (AvgIpc) is 2.46. The summed E-state index contributed by atoms with van der Waals surface area (Å²) in [5.41, 5.74) is 0.793. The van der Waals surface area contributed by atoms with E-state index < -0.39 is 5.97 Å². The molecule has 0 amide bonds. The van der Waals surface area contributed by atoms with Gasteiger partial charge in [-0.3, -0.25) is 0 Å². The number of hydrogen-bond acceptors (Lipinski definition) is 4. The van der Waals surface area contributed by atoms with Crippen LogP contribution in [0.25, 0.3) is 6.08 Å². The molecular formula is C15H20N2O3. The second-order valence-electron chi connectivity index (χ2n) is 5.03. The first-order valence-electron chi connectivity index (χ1n) is 6.80. The van der Waals surface area contributed by atoms with Crippen molar-refractivity contribution in [1.82, 2.24) is 4.98 Å². The van der Waals surface area contributed by atoms with Crippen LogP contribution in [0.15, 0.2) is 24.4 Å². The zero-order chi connectivity index (χ0) is 14.4. The molecular weight excluding hydrogens is 256 g/mol. The van der Waals surface area contributed by atoms with Gasteiger partial charge in [0, 0.05) is 32.5 Å². The Kier molecular flexibility index (Phi) is 5.12. The van der Waals surface area contributed by atoms with E-state index in [4.69, 9.17) is 9.84 Å². The number of piperidine rings is 1. The SMILES string of the molecule is COCC1CCCN(c2ccc(/C=C/C(=O)O)cn2)C1. The van der Waals surface area contributed by atoms with Crippen molar-refractivity contribution in [3.63, 3.8) is 0 Å². The number of carboxylic acid groups (broad SMARTS) is 1. The molecule has 0 spiro atoms. The van der Waals surface area contributed by atoms with E-state index >= 15 is 0 Å². The maximum atomic E-state index is 10.5. The predicted octanol–water partition coefficient (Wildman–Crippen LogP) is 2.04. The monoisotopic (exact) mass is 276 g/mol. The predicted molar refractivity (Wildman–Crippen MR) is 77.7 cm³/mol. The highest BCUT2D eigenvalue weighted by atomic mass is 16.5. The molecule has 1 aliphatic rings. The molecule has 5 heteroatoms. The molecule has 0 aromatic carbocycles. The quantitative estimate of drug-likeness (QED) is 0.834. The van der Waals surface area contributed by atoms with E-state index in [0.29, 0.717) is 5.92 Å². The highest BCUT2D eigenvalue weighted by molar-refractivity contribution is 5.85. The maximum absolute atomic E-state index is 10.5. The number of anilines is 1. The van der Waals surface area contributed by atoms with Crippen molar-refractivity contribution in [2.75, 3.05) is 31.7 Å². The Morgan fingerprint density at radius 1 is 1.60 bits per heavy atom. The number of carbonyl (C=O) groups is 1. The Labute approximate surface area is 118 Å². The molecule has 2 heterocycles. The summed E-state index contributed by atoms with van der Waals surface area (Å²) in [5.74, 6) is 0.549. The Morgan fingerprint density at radius 3 is 3.10 bits per heavy atom. The summed E-state index contributed by atoms with van der Waals surface area (Å²) in [6.07, 6.45) is 6.71. The van der Waals surface area contributed by atoms with Crippen LogP contribution in [-0.2, 0) is 9.53 Å². The van der Waals surface area contributed by atoms with Gasteiger partial charge in [0.25, 0.3) is 0 Å². The summed E-state index contributed by atoms with van der Waals surface area (Å²) in [6, 6.07) is 3.83. The van der Waals surface area contributed by atoms with Gasteiger partial charge in [-0.15, -0.1) is 0 Å². The van der Waals surface area contributed by atoms with Crippen molar-refractivity contribution in [1.29, 1.82) is 0 Å². The lowest BCUT2D eigenvalue weighted by atomic mass is 9.99. The Bertz CT molecular complexity index is 469. The summed E-state index contributed by atoms with van der Waals surface area (Å²) in [5, 5.41) is 8.59. The van der Waals surface area contributed by atoms with Crippen molar-refractivity contribution in [3.8, 4) is 0 Å². The van der Waals surface area contributed by atoms with Crippen LogP contribution < -0.4 is 4.90 Å². The molecule has 1 saturated heterocycles. The van der Waals surface area contributed by atoms with Crippen molar-refractivity contribution in [2.45, 2.75) is 12.8 Å². The fourth-order valence-electron chi connectivity index (χ4n) is 2.50. The highest BCUT2D eigenvalue weighted by Crippen LogP contribution is 2.22. The van der Waals surface area contributed by atoms with Gasteiger partial charge in [-0.2, -0.15) is 0 Å². The molecule has 108 valence electrons. The van der Waals surface area contributed by atoms with Crippen LogP contribution in [0.4, 0.5) is 5.82 Å². The number of rotatable bonds is 5. The van der Waals surface area contributed by atoms with Crippen molar-refractivity contribution < 1.29 is 14.6 Å². The van der Waals surface area contributed by atoms with Gasteiger partial charge in [0.15, 0.2) is 0 Å². The Morgan fingerprint density at radius 2 is 2.45 bits per heavy atom. The lowest BCUT2D eigenvalue weighted by Crippen LogP contribution is -2.37. The van der Waals surface area contributed by atoms with Gasteiger partial charge >= 0.3 is 5.97 Å². The number of pyridine rings is 1. The third-order valence-corrected chi connectivity index (χ3v) is 3.43. The lowest BCUT2D eigenvalue weighted by Gasteiger charge is -2.33. The Hall–Kier alpha value is -1.88. The van der Waals surface area contributed by atoms with Crippen molar-refractivity contribution >= 4 is 17.9 Å². The molecule has 0 aliphatic carbocycles. The van der Waals surface area contributed by atoms with Gasteiger partial charge < -0.3 is 14.7 Å². The van der Waals surface area contributed by atoms with E-state index in [-0.39, 0.29) is 0 Å². The highest BCUT2D eigenvalue weighted by Gasteiger charge is 2.20. The number of carboxylic acids is 1. The fraction of sp³-hybridized carbons (Fsp3) is 0.467. The Balaban J connectivity index is 2.00. The first-order chi connectivity index (χ1) is 9.69. The fourth-order valence-corrected chi connectivity index (χ4v) is 2.50. The second-order valence-corrected chi connectivity index (χ2v) is 5.03. The van der Waals surface area contributed by atoms with E-state index in [0.717, 1.165) is 43.6 Å². The lowest BCUT2D eigenvalue weighted by molar-refractivity contribution is -0.131. The summed E-state index contributed by atoms with van der Waals surface area (Å²) < 4.78 is 5.23. The molecule has 0 radical (unpaired) electrons. The molecule has 2 rings (SSSR count). The van der Waals surface area contributed by atoms with Gasteiger partial charge in [0.05, 0.1) is 6.61 Å². The molecule has 1 atom stereocenters. The number of hydrogen-bond donors (Lipinski definition) is 1. The minimum absolute atomic E-state index is 0.558. The minimum atomic E-state index is -0.951. The van der Waals surface area contributed by atoms with E-state index in [9.17, 15) is 4.79 Å². The third-order valence-electron chi connectivity index (χ3n) is 3.43. The standard InChI is InChI=1S/C15H20N2O3/c1-20-11-13-3-2-8-17(10-13)14-6-4-12(9-16-14)5-7-15(18)19/h4-7,9,13H,2-3,8,10-11H2,1H3,(H,18,19)/b7-5+. The molecule has 5 nitrogen and oxygen atoms in total. The molecule has 20 heavy (non-hydrogen) atoms. The molecule has 1 aromatic rings. The average molecular weight is 276 g/mol. The third kappa shape index (κ3) is 4.06. The van der Waals surface area contributed by atoms with Gasteiger partial charge in [0.2, 0.25) is 0 Å². The zero-order valence-corrected chi connectivity index (χ0v) is 11.7. The van der Waals surface area contributed by atoms with Gasteiger partial charge in [-0.1, -0.05) is 0 Å². The van der Waals surface area contributed by atoms with Crippen molar-refractivity contribution in [2.24, 2.45) is 5.92 Å². The number of ether oxygens (including phenoxy) is 1. The van der Waals surface area contributed by atoms with Crippen LogP contribution in [0.3, 0.4) is 0 Å². The van der Waals surface area contributed by atoms with Crippen LogP contribution >= 0.6 is 0 Å². The molecule has 0 saturated carbocycles. The molecule has 1 unspecified atom stereocenters. The van der Waals surface area contributed by atoms with Crippen LogP contribution in [0, 0.1) is 5.92 Å². The van der Waals surface area contributed by atoms with E-state index in [2.05, 4.69) is 9.88 Å². The van der Waals surface area contributed by atoms with Crippen LogP contribution in [0.2, 0.25) is 0 Å². The summed E-state index contributed by atoms with van der Waals surface area (Å²) in [6.45, 7) is 2.76. The van der Waals surface area contributed by atoms with Gasteiger partial charge in [-0.05, 0) is 42.5 Å².